The first kappa shape index (κ1) is 22.3. The number of piperidine rings is 1. The number of hydrogen-bond donors (Lipinski definition) is 3. The Morgan fingerprint density at radius 2 is 2.06 bits per heavy atom. The van der Waals surface area contributed by atoms with E-state index in [1.807, 2.05) is 37.3 Å². The minimum Gasteiger partial charge on any atom is -0.465 e. The van der Waals surface area contributed by atoms with E-state index in [1.54, 1.807) is 24.5 Å². The van der Waals surface area contributed by atoms with Crippen LogP contribution >= 0.6 is 0 Å². The number of fused-ring (bicyclic) bond motifs is 1. The zero-order chi connectivity index (χ0) is 24.4. The molecule has 3 heterocycles. The Morgan fingerprint density at radius 3 is 2.91 bits per heavy atom. The van der Waals surface area contributed by atoms with Crippen molar-refractivity contribution in [3.63, 3.8) is 0 Å². The molecule has 178 valence electrons. The van der Waals surface area contributed by atoms with Gasteiger partial charge in [-0.25, -0.2) is 14.8 Å². The molecule has 1 fully saturated rings. The summed E-state index contributed by atoms with van der Waals surface area (Å²) in [5.74, 6) is 1.38. The molecule has 0 bridgehead atoms. The average molecular weight is 472 g/mol. The number of benzene rings is 2. The van der Waals surface area contributed by atoms with Gasteiger partial charge in [0.2, 0.25) is 11.8 Å². The van der Waals surface area contributed by atoms with Crippen LogP contribution in [0.25, 0.3) is 22.0 Å². The average Bonchev–Trinajstić information content (AvgIpc) is 2.86. The number of aryl methyl sites for hydroxylation is 1. The molecule has 1 unspecified atom stereocenters. The van der Waals surface area contributed by atoms with Crippen LogP contribution in [0.3, 0.4) is 0 Å². The van der Waals surface area contributed by atoms with E-state index in [1.165, 1.54) is 4.90 Å². The van der Waals surface area contributed by atoms with Gasteiger partial charge >= 0.3 is 6.09 Å². The molecule has 2 aromatic carbocycles. The molecule has 1 atom stereocenters. The van der Waals surface area contributed by atoms with Gasteiger partial charge in [0.25, 0.3) is 0 Å². The number of carbonyl (C=O) groups is 1. The lowest BCUT2D eigenvalue weighted by atomic mass is 10.0. The van der Waals surface area contributed by atoms with Crippen LogP contribution in [-0.2, 0) is 0 Å². The minimum absolute atomic E-state index is 0.0647. The number of rotatable bonds is 5. The molecule has 1 saturated heterocycles. The Kier molecular flexibility index (Phi) is 6.01. The second-order valence-corrected chi connectivity index (χ2v) is 8.48. The highest BCUT2D eigenvalue weighted by molar-refractivity contribution is 5.97. The van der Waals surface area contributed by atoms with Gasteiger partial charge in [-0.2, -0.15) is 5.10 Å². The van der Waals surface area contributed by atoms with Crippen LogP contribution in [0.15, 0.2) is 54.9 Å². The highest BCUT2D eigenvalue weighted by Gasteiger charge is 2.24. The van der Waals surface area contributed by atoms with Gasteiger partial charge in [0.15, 0.2) is 0 Å². The Labute approximate surface area is 201 Å². The fourth-order valence-corrected chi connectivity index (χ4v) is 4.31. The molecule has 0 saturated carbocycles. The van der Waals surface area contributed by atoms with E-state index in [2.05, 4.69) is 25.5 Å². The topological polar surface area (TPSA) is 139 Å². The SMILES string of the molecule is Cc1ccc2c(N)cccc2c1Oc1nnccc1-c1ccnc(NC2CCCN(C(=O)O)C2)n1. The van der Waals surface area contributed by atoms with Crippen molar-refractivity contribution in [1.29, 1.82) is 0 Å². The quantitative estimate of drug-likeness (QED) is 0.363. The van der Waals surface area contributed by atoms with E-state index < -0.39 is 6.09 Å². The van der Waals surface area contributed by atoms with Crippen LogP contribution in [0.2, 0.25) is 0 Å². The summed E-state index contributed by atoms with van der Waals surface area (Å²) in [6.45, 7) is 2.89. The number of nitrogens with one attached hydrogen (secondary N) is 1. The second kappa shape index (κ2) is 9.41. The number of nitrogens with two attached hydrogens (primary N) is 1. The monoisotopic (exact) mass is 471 g/mol. The van der Waals surface area contributed by atoms with Crippen LogP contribution in [0.5, 0.6) is 11.6 Å². The number of amides is 1. The van der Waals surface area contributed by atoms with E-state index in [4.69, 9.17) is 10.5 Å². The van der Waals surface area contributed by atoms with Crippen molar-refractivity contribution in [3.8, 4) is 22.9 Å². The number of nitrogens with zero attached hydrogens (tertiary/aromatic N) is 5. The first-order valence-corrected chi connectivity index (χ1v) is 11.3. The fourth-order valence-electron chi connectivity index (χ4n) is 4.31. The molecule has 4 aromatic rings. The number of carboxylic acid groups (broad SMARTS) is 1. The first-order valence-electron chi connectivity index (χ1n) is 11.3. The zero-order valence-corrected chi connectivity index (χ0v) is 19.2. The normalized spacial score (nSPS) is 15.7. The van der Waals surface area contributed by atoms with Gasteiger partial charge in [0, 0.05) is 41.8 Å². The predicted octanol–water partition coefficient (Wildman–Crippen LogP) is 4.32. The molecule has 2 aromatic heterocycles. The third kappa shape index (κ3) is 4.63. The number of nitrogen functional groups attached to an aromatic ring is 1. The van der Waals surface area contributed by atoms with Gasteiger partial charge in [-0.05, 0) is 43.5 Å². The predicted molar refractivity (Wildman–Crippen MR) is 132 cm³/mol. The number of aromatic nitrogens is 4. The Balaban J connectivity index is 1.45. The molecule has 0 radical (unpaired) electrons. The first-order chi connectivity index (χ1) is 17.0. The summed E-state index contributed by atoms with van der Waals surface area (Å²) in [6, 6.07) is 13.1. The molecule has 0 spiro atoms. The molecule has 10 nitrogen and oxygen atoms in total. The molecule has 1 amide bonds. The van der Waals surface area contributed by atoms with Gasteiger partial charge in [0.1, 0.15) is 5.75 Å². The summed E-state index contributed by atoms with van der Waals surface area (Å²) in [5.41, 5.74) is 9.03. The molecular formula is C25H25N7O3. The summed E-state index contributed by atoms with van der Waals surface area (Å²) in [7, 11) is 0. The molecule has 10 heteroatoms. The number of anilines is 2. The van der Waals surface area contributed by atoms with Crippen LogP contribution in [0.1, 0.15) is 18.4 Å². The molecule has 1 aliphatic rings. The lowest BCUT2D eigenvalue weighted by Gasteiger charge is -2.31. The van der Waals surface area contributed by atoms with Crippen LogP contribution < -0.4 is 15.8 Å². The smallest absolute Gasteiger partial charge is 0.407 e. The van der Waals surface area contributed by atoms with E-state index >= 15 is 0 Å². The van der Waals surface area contributed by atoms with E-state index in [0.29, 0.717) is 47.6 Å². The van der Waals surface area contributed by atoms with Crippen molar-refractivity contribution >= 4 is 28.5 Å². The maximum absolute atomic E-state index is 11.3. The molecule has 4 N–H and O–H groups in total. The highest BCUT2D eigenvalue weighted by Crippen LogP contribution is 2.37. The Morgan fingerprint density at radius 1 is 1.17 bits per heavy atom. The number of hydrogen-bond acceptors (Lipinski definition) is 8. The van der Waals surface area contributed by atoms with Gasteiger partial charge in [-0.1, -0.05) is 24.3 Å². The van der Waals surface area contributed by atoms with Crippen LogP contribution in [0.4, 0.5) is 16.4 Å². The second-order valence-electron chi connectivity index (χ2n) is 8.48. The largest absolute Gasteiger partial charge is 0.465 e. The molecule has 1 aliphatic heterocycles. The highest BCUT2D eigenvalue weighted by atomic mass is 16.5. The summed E-state index contributed by atoms with van der Waals surface area (Å²) < 4.78 is 6.31. The van der Waals surface area contributed by atoms with Crippen molar-refractivity contribution < 1.29 is 14.6 Å². The minimum atomic E-state index is -0.915. The van der Waals surface area contributed by atoms with Crippen molar-refractivity contribution in [2.45, 2.75) is 25.8 Å². The Hall–Kier alpha value is -4.47. The number of likely N-dealkylation sites (tertiary alicyclic amines) is 1. The molecule has 0 aliphatic carbocycles. The zero-order valence-electron chi connectivity index (χ0n) is 19.2. The lowest BCUT2D eigenvalue weighted by molar-refractivity contribution is 0.132. The molecular weight excluding hydrogens is 446 g/mol. The van der Waals surface area contributed by atoms with E-state index in [9.17, 15) is 9.90 Å². The van der Waals surface area contributed by atoms with Crippen molar-refractivity contribution in [1.82, 2.24) is 25.1 Å². The van der Waals surface area contributed by atoms with Gasteiger partial charge in [0.05, 0.1) is 17.5 Å². The van der Waals surface area contributed by atoms with Gasteiger partial charge in [-0.15, -0.1) is 5.10 Å². The van der Waals surface area contributed by atoms with Crippen LogP contribution in [0, 0.1) is 6.92 Å². The molecule has 5 rings (SSSR count). The van der Waals surface area contributed by atoms with Gasteiger partial charge in [-0.3, -0.25) is 0 Å². The van der Waals surface area contributed by atoms with Crippen LogP contribution in [-0.4, -0.2) is 55.4 Å². The third-order valence-electron chi connectivity index (χ3n) is 6.08. The summed E-state index contributed by atoms with van der Waals surface area (Å²) in [4.78, 5) is 21.7. The standard InChI is InChI=1S/C25H25N7O3/c1-15-7-8-17-18(5-2-6-20(17)26)22(15)35-23-19(9-12-28-31-23)21-10-11-27-24(30-21)29-16-4-3-13-32(14-16)25(33)34/h2,5-12,16H,3-4,13-14,26H2,1H3,(H,33,34)(H,27,29,30). The maximum Gasteiger partial charge on any atom is 0.407 e. The fraction of sp³-hybridized carbons (Fsp3) is 0.240. The Bertz CT molecular complexity index is 1390. The van der Waals surface area contributed by atoms with Crippen molar-refractivity contribution in [2.24, 2.45) is 0 Å². The summed E-state index contributed by atoms with van der Waals surface area (Å²) in [6.07, 6.45) is 3.94. The van der Waals surface area contributed by atoms with Crippen molar-refractivity contribution in [2.75, 3.05) is 24.1 Å². The maximum atomic E-state index is 11.3. The van der Waals surface area contributed by atoms with E-state index in [0.717, 1.165) is 29.2 Å². The van der Waals surface area contributed by atoms with E-state index in [-0.39, 0.29) is 6.04 Å². The lowest BCUT2D eigenvalue weighted by Crippen LogP contribution is -2.44. The summed E-state index contributed by atoms with van der Waals surface area (Å²) >= 11 is 0. The third-order valence-corrected chi connectivity index (χ3v) is 6.08. The molecule has 35 heavy (non-hydrogen) atoms. The number of ether oxygens (including phenoxy) is 1. The van der Waals surface area contributed by atoms with Gasteiger partial charge < -0.3 is 25.8 Å². The van der Waals surface area contributed by atoms with Crippen molar-refractivity contribution in [3.05, 3.63) is 60.4 Å². The summed E-state index contributed by atoms with van der Waals surface area (Å²) in [5, 5.41) is 22.6.